The van der Waals surface area contributed by atoms with Crippen LogP contribution >= 0.6 is 81.4 Å². The molecule has 0 aliphatic carbocycles. The Hall–Kier alpha value is -1.49. The molecule has 0 radical (unpaired) electrons. The van der Waals surface area contributed by atoms with E-state index in [9.17, 15) is 4.79 Å². The second-order valence-corrected chi connectivity index (χ2v) is 11.2. The number of thioether (sulfide) groups is 1. The van der Waals surface area contributed by atoms with Crippen LogP contribution in [0.4, 0.5) is 5.69 Å². The summed E-state index contributed by atoms with van der Waals surface area (Å²) in [6.45, 7) is 0.364. The van der Waals surface area contributed by atoms with Crippen LogP contribution < -0.4 is 14.4 Å². The van der Waals surface area contributed by atoms with Crippen molar-refractivity contribution < 1.29 is 14.3 Å². The number of amides is 1. The molecule has 1 heterocycles. The summed E-state index contributed by atoms with van der Waals surface area (Å²) in [5.74, 6) is 0.926. The van der Waals surface area contributed by atoms with Crippen molar-refractivity contribution in [3.63, 3.8) is 0 Å². The van der Waals surface area contributed by atoms with Crippen LogP contribution in [0.3, 0.4) is 0 Å². The van der Waals surface area contributed by atoms with Crippen molar-refractivity contribution >= 4 is 103 Å². The summed E-state index contributed by atoms with van der Waals surface area (Å²) in [6.07, 6.45) is 1.77. The average molecular weight is 663 g/mol. The normalized spacial score (nSPS) is 14.7. The van der Waals surface area contributed by atoms with E-state index >= 15 is 0 Å². The van der Waals surface area contributed by atoms with Crippen LogP contribution in [0.2, 0.25) is 15.1 Å². The van der Waals surface area contributed by atoms with Crippen LogP contribution in [-0.2, 0) is 11.4 Å². The highest BCUT2D eigenvalue weighted by Crippen LogP contribution is 2.41. The highest BCUT2D eigenvalue weighted by molar-refractivity contribution is 14.1. The lowest BCUT2D eigenvalue weighted by atomic mass is 10.1. The Balaban J connectivity index is 1.59. The molecule has 0 saturated carbocycles. The first-order valence-electron chi connectivity index (χ1n) is 9.74. The van der Waals surface area contributed by atoms with E-state index in [-0.39, 0.29) is 5.91 Å². The first kappa shape index (κ1) is 25.6. The van der Waals surface area contributed by atoms with E-state index in [2.05, 4.69) is 22.6 Å². The molecule has 0 N–H and O–H groups in total. The van der Waals surface area contributed by atoms with Gasteiger partial charge in [0.05, 0.1) is 26.3 Å². The van der Waals surface area contributed by atoms with Gasteiger partial charge in [0.1, 0.15) is 6.61 Å². The highest BCUT2D eigenvalue weighted by Gasteiger charge is 2.34. The number of halogens is 4. The van der Waals surface area contributed by atoms with E-state index in [1.807, 2.05) is 36.4 Å². The molecule has 0 unspecified atom stereocenters. The monoisotopic (exact) mass is 661 g/mol. The lowest BCUT2D eigenvalue weighted by molar-refractivity contribution is -0.113. The zero-order chi connectivity index (χ0) is 24.4. The predicted octanol–water partition coefficient (Wildman–Crippen LogP) is 8.24. The standard InChI is InChI=1S/C24H15Cl3INO3S2/c1-31-20-9-14(8-18(28)22(20)32-12-13-2-4-15(25)5-3-13)10-21-23(30)29(24(33)34-21)19-7-6-16(26)11-17(19)27/h2-11H,12H2,1H3/b21-10-. The number of hydrogen-bond donors (Lipinski definition) is 0. The van der Waals surface area contributed by atoms with E-state index in [0.29, 0.717) is 48.1 Å². The maximum Gasteiger partial charge on any atom is 0.270 e. The van der Waals surface area contributed by atoms with Gasteiger partial charge in [-0.25, -0.2) is 0 Å². The van der Waals surface area contributed by atoms with Crippen LogP contribution in [-0.4, -0.2) is 17.3 Å². The second-order valence-electron chi connectivity index (χ2n) is 7.06. The maximum atomic E-state index is 13.1. The third kappa shape index (κ3) is 5.66. The van der Waals surface area contributed by atoms with Gasteiger partial charge in [-0.3, -0.25) is 9.69 Å². The topological polar surface area (TPSA) is 38.8 Å². The van der Waals surface area contributed by atoms with E-state index in [4.69, 9.17) is 56.5 Å². The molecule has 1 amide bonds. The third-order valence-corrected chi connectivity index (χ3v) is 7.68. The summed E-state index contributed by atoms with van der Waals surface area (Å²) < 4.78 is 12.8. The van der Waals surface area contributed by atoms with Gasteiger partial charge >= 0.3 is 0 Å². The van der Waals surface area contributed by atoms with E-state index in [0.717, 1.165) is 14.7 Å². The summed E-state index contributed by atoms with van der Waals surface area (Å²) >= 11 is 27.1. The van der Waals surface area contributed by atoms with Gasteiger partial charge in [-0.15, -0.1) is 0 Å². The number of ether oxygens (including phenoxy) is 2. The number of rotatable bonds is 6. The zero-order valence-corrected chi connectivity index (χ0v) is 23.5. The minimum absolute atomic E-state index is 0.253. The summed E-state index contributed by atoms with van der Waals surface area (Å²) in [6, 6.07) is 16.1. The Kier molecular flexibility index (Phi) is 8.32. The smallest absolute Gasteiger partial charge is 0.270 e. The second kappa shape index (κ2) is 11.1. The number of benzene rings is 3. The zero-order valence-electron chi connectivity index (χ0n) is 17.5. The highest BCUT2D eigenvalue weighted by atomic mass is 127. The van der Waals surface area contributed by atoms with Crippen LogP contribution in [0, 0.1) is 3.57 Å². The third-order valence-electron chi connectivity index (χ3n) is 4.79. The summed E-state index contributed by atoms with van der Waals surface area (Å²) in [5.41, 5.74) is 2.26. The molecular formula is C24H15Cl3INO3S2. The molecule has 1 aliphatic rings. The Morgan fingerprint density at radius 2 is 1.76 bits per heavy atom. The number of hydrogen-bond acceptors (Lipinski definition) is 5. The molecule has 4 rings (SSSR count). The fraction of sp³-hybridized carbons (Fsp3) is 0.0833. The van der Waals surface area contributed by atoms with Crippen molar-refractivity contribution in [2.45, 2.75) is 6.61 Å². The van der Waals surface area contributed by atoms with Gasteiger partial charge in [0.2, 0.25) is 0 Å². The molecule has 3 aromatic carbocycles. The molecule has 34 heavy (non-hydrogen) atoms. The van der Waals surface area contributed by atoms with Gasteiger partial charge in [-0.1, -0.05) is 70.9 Å². The SMILES string of the molecule is COc1cc(/C=C2\SC(=S)N(c3ccc(Cl)cc3Cl)C2=O)cc(I)c1OCc1ccc(Cl)cc1. The molecule has 10 heteroatoms. The number of nitrogens with zero attached hydrogens (tertiary/aromatic N) is 1. The van der Waals surface area contributed by atoms with Gasteiger partial charge < -0.3 is 9.47 Å². The molecule has 4 nitrogen and oxygen atoms in total. The number of methoxy groups -OCH3 is 1. The minimum Gasteiger partial charge on any atom is -0.493 e. The minimum atomic E-state index is -0.253. The quantitative estimate of drug-likeness (QED) is 0.151. The molecule has 0 atom stereocenters. The van der Waals surface area contributed by atoms with Crippen LogP contribution in [0.5, 0.6) is 11.5 Å². The van der Waals surface area contributed by atoms with Crippen molar-refractivity contribution in [2.75, 3.05) is 12.0 Å². The largest absolute Gasteiger partial charge is 0.493 e. The fourth-order valence-corrected chi connectivity index (χ4v) is 5.87. The molecule has 0 aromatic heterocycles. The lowest BCUT2D eigenvalue weighted by Gasteiger charge is -2.16. The first-order valence-corrected chi connectivity index (χ1v) is 13.2. The first-order chi connectivity index (χ1) is 16.3. The summed E-state index contributed by atoms with van der Waals surface area (Å²) in [5, 5.41) is 1.50. The van der Waals surface area contributed by atoms with Gasteiger partial charge in [0.15, 0.2) is 15.8 Å². The van der Waals surface area contributed by atoms with Crippen LogP contribution in [0.25, 0.3) is 6.08 Å². The number of thiocarbonyl (C=S) groups is 1. The predicted molar refractivity (Wildman–Crippen MR) is 154 cm³/mol. The van der Waals surface area contributed by atoms with Crippen molar-refractivity contribution in [1.29, 1.82) is 0 Å². The lowest BCUT2D eigenvalue weighted by Crippen LogP contribution is -2.27. The Morgan fingerprint density at radius 3 is 2.44 bits per heavy atom. The van der Waals surface area contributed by atoms with Crippen molar-refractivity contribution in [1.82, 2.24) is 0 Å². The van der Waals surface area contributed by atoms with Crippen molar-refractivity contribution in [3.05, 3.63) is 89.3 Å². The number of carbonyl (C=O) groups excluding carboxylic acids is 1. The van der Waals surface area contributed by atoms with E-state index in [1.165, 1.54) is 16.7 Å². The number of anilines is 1. The van der Waals surface area contributed by atoms with E-state index < -0.39 is 0 Å². The van der Waals surface area contributed by atoms with Gasteiger partial charge in [-0.2, -0.15) is 0 Å². The molecule has 1 aliphatic heterocycles. The molecule has 0 bridgehead atoms. The van der Waals surface area contributed by atoms with Crippen LogP contribution in [0.15, 0.2) is 59.5 Å². The average Bonchev–Trinajstić information content (AvgIpc) is 3.06. The summed E-state index contributed by atoms with van der Waals surface area (Å²) in [4.78, 5) is 15.0. The molecule has 174 valence electrons. The molecule has 1 saturated heterocycles. The van der Waals surface area contributed by atoms with Gasteiger partial charge in [-0.05, 0) is 82.3 Å². The molecule has 3 aromatic rings. The van der Waals surface area contributed by atoms with Gasteiger partial charge in [0.25, 0.3) is 5.91 Å². The Labute approximate surface area is 235 Å². The van der Waals surface area contributed by atoms with E-state index in [1.54, 1.807) is 31.4 Å². The maximum absolute atomic E-state index is 13.1. The Morgan fingerprint density at radius 1 is 1.06 bits per heavy atom. The van der Waals surface area contributed by atoms with Gasteiger partial charge in [0, 0.05) is 10.0 Å². The number of carbonyl (C=O) groups is 1. The van der Waals surface area contributed by atoms with Crippen molar-refractivity contribution in [2.24, 2.45) is 0 Å². The van der Waals surface area contributed by atoms with Crippen molar-refractivity contribution in [3.8, 4) is 11.5 Å². The molecule has 1 fully saturated rings. The van der Waals surface area contributed by atoms with Crippen LogP contribution in [0.1, 0.15) is 11.1 Å². The summed E-state index contributed by atoms with van der Waals surface area (Å²) in [7, 11) is 1.58. The molecular weight excluding hydrogens is 648 g/mol. The molecule has 0 spiro atoms. The Bertz CT molecular complexity index is 1320. The fourth-order valence-electron chi connectivity index (χ4n) is 3.19.